The summed E-state index contributed by atoms with van der Waals surface area (Å²) >= 11 is 0. The van der Waals surface area contributed by atoms with E-state index in [1.165, 1.54) is 69.3 Å². The van der Waals surface area contributed by atoms with Gasteiger partial charge in [0.15, 0.2) is 5.96 Å². The molecule has 28 nitrogen and oxygen atoms in total. The van der Waals surface area contributed by atoms with Crippen molar-refractivity contribution in [3.8, 4) is 11.5 Å². The zero-order chi connectivity index (χ0) is 62.1. The molecule has 21 N–H and O–H groups in total. The number of nitrogens with two attached hydrogens (primary N) is 4. The number of primary amides is 1. The minimum atomic E-state index is -1.85. The van der Waals surface area contributed by atoms with E-state index in [0.29, 0.717) is 16.7 Å². The van der Waals surface area contributed by atoms with E-state index in [1.54, 1.807) is 44.2 Å². The molecule has 0 aromatic heterocycles. The largest absolute Gasteiger partial charge is 0.508 e. The lowest BCUT2D eigenvalue weighted by Gasteiger charge is -2.29. The highest BCUT2D eigenvalue weighted by atomic mass is 16.4. The molecule has 454 valence electrons. The topological polar surface area (TPSA) is 485 Å². The van der Waals surface area contributed by atoms with Gasteiger partial charge in [-0.15, -0.1) is 0 Å². The molecule has 11 atom stereocenters. The molecule has 0 radical (unpaired) electrons. The van der Waals surface area contributed by atoms with Crippen molar-refractivity contribution in [2.24, 2.45) is 39.8 Å². The number of nitrogens with one attached hydrogen (secondary N) is 8. The van der Waals surface area contributed by atoms with Gasteiger partial charge in [-0.3, -0.25) is 48.1 Å². The van der Waals surface area contributed by atoms with Crippen LogP contribution in [0.2, 0.25) is 0 Å². The monoisotopic (exact) mass is 1160 g/mol. The Kier molecular flexibility index (Phi) is 27.8. The number of aliphatic hydroxyl groups excluding tert-OH is 2. The van der Waals surface area contributed by atoms with E-state index in [-0.39, 0.29) is 62.5 Å². The number of amides is 9. The lowest BCUT2D eigenvalue weighted by atomic mass is 9.96. The van der Waals surface area contributed by atoms with Crippen LogP contribution in [0, 0.1) is 11.8 Å². The van der Waals surface area contributed by atoms with Gasteiger partial charge >= 0.3 is 5.97 Å². The van der Waals surface area contributed by atoms with Crippen LogP contribution < -0.4 is 65.5 Å². The fraction of sp³-hybridized carbons (Fsp3) is 0.473. The molecule has 9 amide bonds. The first-order valence-electron chi connectivity index (χ1n) is 26.8. The number of phenolic OH excluding ortho intramolecular Hbond substituents is 2. The molecule has 0 heterocycles. The Morgan fingerprint density at radius 1 is 0.518 bits per heavy atom. The molecule has 0 saturated carbocycles. The summed E-state index contributed by atoms with van der Waals surface area (Å²) < 4.78 is 0. The van der Waals surface area contributed by atoms with Crippen LogP contribution in [0.15, 0.2) is 83.9 Å². The fourth-order valence-electron chi connectivity index (χ4n) is 8.15. The van der Waals surface area contributed by atoms with Gasteiger partial charge in [-0.25, -0.2) is 4.79 Å². The quantitative estimate of drug-likeness (QED) is 0.0156. The standard InChI is InChI=1S/C55H79N13O15/c1-6-29(4)45(53(81)65-40(54(82)83)25-33-16-20-35(72)21-17-33)68-49(77)39(26-42(56)73)64-50(78)41(27-69)66-52(80)44(28(2)3)67-48(76)38(23-31-11-8-7-9-12-31)63-47(75)37(24-32-14-18-34(71)19-15-32)62-46(74)36(13-10-22-60-55(58)59)61-51(79)43(57)30(5)70/h7-9,11-12,14-21,28-30,36-41,43-45,69-72H,6,10,13,22-27,57H2,1-5H3,(H2,56,73)(H,61,79)(H,62,74)(H,63,75)(H,64,78)(H,65,81)(H,66,80)(H,67,76)(H,68,77)(H,82,83)(H4,58,59,60)/t29-,30+,36-,37-,38-,39-,40-,41-,43-,44-,45-/m0/s1. The lowest BCUT2D eigenvalue weighted by molar-refractivity contribution is -0.142. The van der Waals surface area contributed by atoms with Gasteiger partial charge in [-0.2, -0.15) is 0 Å². The number of aliphatic carboxylic acids is 1. The predicted octanol–water partition coefficient (Wildman–Crippen LogP) is -3.58. The van der Waals surface area contributed by atoms with Gasteiger partial charge in [-0.05, 0) is 72.6 Å². The molecule has 0 spiro atoms. The molecular weight excluding hydrogens is 1080 g/mol. The number of carboxylic acid groups (broad SMARTS) is 1. The van der Waals surface area contributed by atoms with Crippen molar-refractivity contribution in [3.05, 3.63) is 95.6 Å². The number of carbonyl (C=O) groups is 10. The first-order valence-corrected chi connectivity index (χ1v) is 26.8. The smallest absolute Gasteiger partial charge is 0.326 e. The number of benzene rings is 3. The molecule has 28 heteroatoms. The number of hydrogen-bond acceptors (Lipinski definition) is 16. The number of aromatic hydroxyl groups is 2. The molecule has 0 aliphatic rings. The minimum Gasteiger partial charge on any atom is -0.508 e. The van der Waals surface area contributed by atoms with Gasteiger partial charge in [0, 0.05) is 25.8 Å². The third-order valence-electron chi connectivity index (χ3n) is 13.2. The van der Waals surface area contributed by atoms with Crippen molar-refractivity contribution in [1.82, 2.24) is 42.5 Å². The number of guanidine groups is 1. The average molecular weight is 1160 g/mol. The third kappa shape index (κ3) is 23.2. The number of aliphatic hydroxyl groups is 2. The Morgan fingerprint density at radius 3 is 1.40 bits per heavy atom. The van der Waals surface area contributed by atoms with Crippen LogP contribution in [-0.2, 0) is 67.2 Å². The van der Waals surface area contributed by atoms with Crippen molar-refractivity contribution < 1.29 is 73.5 Å². The number of nitrogens with zero attached hydrogens (tertiary/aromatic N) is 1. The summed E-state index contributed by atoms with van der Waals surface area (Å²) in [5.74, 6) is -12.2. The molecule has 0 unspecified atom stereocenters. The van der Waals surface area contributed by atoms with Gasteiger partial charge < -0.3 is 91.0 Å². The highest BCUT2D eigenvalue weighted by Crippen LogP contribution is 2.16. The van der Waals surface area contributed by atoms with E-state index in [4.69, 9.17) is 22.9 Å². The molecule has 3 rings (SSSR count). The van der Waals surface area contributed by atoms with Crippen molar-refractivity contribution in [1.29, 1.82) is 0 Å². The molecule has 83 heavy (non-hydrogen) atoms. The lowest BCUT2D eigenvalue weighted by Crippen LogP contribution is -2.62. The molecule has 0 aliphatic heterocycles. The Bertz CT molecular complexity index is 2710. The summed E-state index contributed by atoms with van der Waals surface area (Å²) in [6, 6.07) is 5.81. The molecule has 3 aromatic rings. The first kappa shape index (κ1) is 68.4. The summed E-state index contributed by atoms with van der Waals surface area (Å²) in [7, 11) is 0. The Labute approximate surface area is 479 Å². The Hall–Kier alpha value is -8.89. The normalized spacial score (nSPS) is 15.0. The van der Waals surface area contributed by atoms with Crippen LogP contribution in [0.4, 0.5) is 0 Å². The molecule has 0 bridgehead atoms. The summed E-state index contributed by atoms with van der Waals surface area (Å²) in [6.45, 7) is 6.58. The first-order chi connectivity index (χ1) is 39.1. The van der Waals surface area contributed by atoms with E-state index >= 15 is 0 Å². The van der Waals surface area contributed by atoms with Crippen LogP contribution in [-0.4, -0.2) is 164 Å². The van der Waals surface area contributed by atoms with Gasteiger partial charge in [0.1, 0.15) is 65.9 Å². The van der Waals surface area contributed by atoms with E-state index < -0.39 is 144 Å². The molecular formula is C55H79N13O15. The number of carboxylic acids is 1. The van der Waals surface area contributed by atoms with Crippen molar-refractivity contribution in [2.45, 2.75) is 140 Å². The second kappa shape index (κ2) is 33.8. The summed E-state index contributed by atoms with van der Waals surface area (Å²) in [5, 5.41) is 69.8. The summed E-state index contributed by atoms with van der Waals surface area (Å²) in [6.07, 6.45) is -2.40. The number of hydrogen-bond donors (Lipinski definition) is 17. The van der Waals surface area contributed by atoms with Gasteiger partial charge in [0.2, 0.25) is 53.2 Å². The van der Waals surface area contributed by atoms with Crippen LogP contribution in [0.1, 0.15) is 77.0 Å². The zero-order valence-electron chi connectivity index (χ0n) is 46.9. The molecule has 0 saturated heterocycles. The van der Waals surface area contributed by atoms with E-state index in [0.717, 1.165) is 0 Å². The Balaban J connectivity index is 1.90. The van der Waals surface area contributed by atoms with Crippen molar-refractivity contribution in [3.63, 3.8) is 0 Å². The van der Waals surface area contributed by atoms with Gasteiger partial charge in [-0.1, -0.05) is 88.7 Å². The van der Waals surface area contributed by atoms with Crippen molar-refractivity contribution in [2.75, 3.05) is 13.2 Å². The van der Waals surface area contributed by atoms with Crippen LogP contribution in [0.25, 0.3) is 0 Å². The number of phenols is 2. The SMILES string of the molecule is CC[C@H](C)[C@H](NC(=O)[C@H](CC(N)=O)NC(=O)[C@H](CO)NC(=O)[C@@H](NC(=O)[C@H](Cc1ccccc1)NC(=O)[C@H](Cc1ccc(O)cc1)NC(=O)[C@H](CCCN=C(N)N)NC(=O)[C@@H](N)[C@@H](C)O)C(C)C)C(=O)N[C@@H](Cc1ccc(O)cc1)C(=O)O. The van der Waals surface area contributed by atoms with Crippen LogP contribution >= 0.6 is 0 Å². The molecule has 3 aromatic carbocycles. The van der Waals surface area contributed by atoms with E-state index in [9.17, 15) is 73.5 Å². The summed E-state index contributed by atoms with van der Waals surface area (Å²) in [5.41, 5.74) is 23.6. The maximum atomic E-state index is 14.5. The predicted molar refractivity (Wildman–Crippen MR) is 302 cm³/mol. The van der Waals surface area contributed by atoms with Crippen molar-refractivity contribution >= 4 is 65.1 Å². The maximum absolute atomic E-state index is 14.5. The highest BCUT2D eigenvalue weighted by molar-refractivity contribution is 5.99. The fourth-order valence-corrected chi connectivity index (χ4v) is 8.15. The molecule has 0 aliphatic carbocycles. The number of aliphatic imine (C=N–C) groups is 1. The zero-order valence-corrected chi connectivity index (χ0v) is 46.9. The number of carbonyl (C=O) groups excluding carboxylic acids is 9. The average Bonchev–Trinajstić information content (AvgIpc) is 3.43. The Morgan fingerprint density at radius 2 is 0.928 bits per heavy atom. The van der Waals surface area contributed by atoms with E-state index in [1.807, 2.05) is 0 Å². The summed E-state index contributed by atoms with van der Waals surface area (Å²) in [4.78, 5) is 140. The van der Waals surface area contributed by atoms with Crippen LogP contribution in [0.3, 0.4) is 0 Å². The third-order valence-corrected chi connectivity index (χ3v) is 13.2. The second-order valence-corrected chi connectivity index (χ2v) is 20.3. The molecule has 0 fully saturated rings. The number of rotatable bonds is 34. The maximum Gasteiger partial charge on any atom is 0.326 e. The van der Waals surface area contributed by atoms with Gasteiger partial charge in [0.25, 0.3) is 0 Å². The van der Waals surface area contributed by atoms with Gasteiger partial charge in [0.05, 0.1) is 19.1 Å². The second-order valence-electron chi connectivity index (χ2n) is 20.3. The van der Waals surface area contributed by atoms with E-state index in [2.05, 4.69) is 47.5 Å². The van der Waals surface area contributed by atoms with Crippen LogP contribution in [0.5, 0.6) is 11.5 Å². The highest BCUT2D eigenvalue weighted by Gasteiger charge is 2.37. The minimum absolute atomic E-state index is 0.0470.